The van der Waals surface area contributed by atoms with Gasteiger partial charge in [-0.05, 0) is 32.9 Å². The molecule has 0 bridgehead atoms. The maximum absolute atomic E-state index is 11.5. The van der Waals surface area contributed by atoms with Crippen molar-refractivity contribution in [1.29, 1.82) is 0 Å². The topological polar surface area (TPSA) is 55.4 Å². The third-order valence-electron chi connectivity index (χ3n) is 1.62. The summed E-state index contributed by atoms with van der Waals surface area (Å²) in [4.78, 5) is 23.3. The van der Waals surface area contributed by atoms with Crippen molar-refractivity contribution >= 4 is 34.8 Å². The molecule has 0 aliphatic rings. The average molecular weight is 276 g/mol. The zero-order chi connectivity index (χ0) is 13.1. The molecule has 1 heterocycles. The van der Waals surface area contributed by atoms with Gasteiger partial charge in [-0.25, -0.2) is 4.79 Å². The molecule has 4 nitrogen and oxygen atoms in total. The Morgan fingerprint density at radius 1 is 1.41 bits per heavy atom. The third-order valence-corrected chi connectivity index (χ3v) is 2.83. The van der Waals surface area contributed by atoms with Crippen LogP contribution in [0.2, 0.25) is 4.34 Å². The molecule has 1 N–H and O–H groups in total. The van der Waals surface area contributed by atoms with E-state index in [9.17, 15) is 9.59 Å². The first-order valence-electron chi connectivity index (χ1n) is 5.01. The Kier molecular flexibility index (Phi) is 4.54. The average Bonchev–Trinajstić information content (AvgIpc) is 2.58. The number of carbonyl (C=O) groups excluding carboxylic acids is 2. The Balaban J connectivity index is 2.41. The lowest BCUT2D eigenvalue weighted by molar-refractivity contribution is -0.125. The van der Waals surface area contributed by atoms with Gasteiger partial charge in [-0.3, -0.25) is 4.79 Å². The zero-order valence-electron chi connectivity index (χ0n) is 9.87. The fraction of sp³-hybridized carbons (Fsp3) is 0.455. The van der Waals surface area contributed by atoms with Crippen molar-refractivity contribution in [2.45, 2.75) is 26.3 Å². The maximum atomic E-state index is 11.5. The summed E-state index contributed by atoms with van der Waals surface area (Å²) in [5.41, 5.74) is -0.338. The second-order valence-corrected chi connectivity index (χ2v) is 6.19. The molecule has 1 aromatic rings. The molecule has 0 saturated heterocycles. The molecule has 0 unspecified atom stereocenters. The first-order valence-corrected chi connectivity index (χ1v) is 6.21. The number of thiophene rings is 1. The second kappa shape index (κ2) is 5.51. The minimum atomic E-state index is -0.536. The van der Waals surface area contributed by atoms with Gasteiger partial charge in [-0.15, -0.1) is 11.3 Å². The molecule has 17 heavy (non-hydrogen) atoms. The number of amides is 1. The molecule has 0 fully saturated rings. The monoisotopic (exact) mass is 275 g/mol. The van der Waals surface area contributed by atoms with Gasteiger partial charge >= 0.3 is 5.97 Å². The third kappa shape index (κ3) is 5.19. The van der Waals surface area contributed by atoms with Crippen molar-refractivity contribution in [2.24, 2.45) is 0 Å². The standard InChI is InChI=1S/C11H14ClNO3S/c1-11(2,3)13-9(14)6-16-10(15)7-4-5-8(12)17-7/h4-5H,6H2,1-3H3,(H,13,14). The quantitative estimate of drug-likeness (QED) is 0.862. The molecule has 1 amide bonds. The van der Waals surface area contributed by atoms with Gasteiger partial charge in [0.25, 0.3) is 5.91 Å². The van der Waals surface area contributed by atoms with Gasteiger partial charge in [0, 0.05) is 5.54 Å². The predicted molar refractivity (Wildman–Crippen MR) is 67.5 cm³/mol. The van der Waals surface area contributed by atoms with Gasteiger partial charge in [0.05, 0.1) is 4.34 Å². The lowest BCUT2D eigenvalue weighted by Crippen LogP contribution is -2.42. The highest BCUT2D eigenvalue weighted by Gasteiger charge is 2.16. The van der Waals surface area contributed by atoms with Crippen LogP contribution in [-0.4, -0.2) is 24.0 Å². The molecule has 0 aliphatic heterocycles. The second-order valence-electron chi connectivity index (χ2n) is 4.48. The highest BCUT2D eigenvalue weighted by atomic mass is 35.5. The van der Waals surface area contributed by atoms with E-state index in [1.807, 2.05) is 20.8 Å². The fourth-order valence-corrected chi connectivity index (χ4v) is 2.02. The van der Waals surface area contributed by atoms with E-state index in [2.05, 4.69) is 5.32 Å². The molecule has 0 saturated carbocycles. The van der Waals surface area contributed by atoms with E-state index in [1.54, 1.807) is 12.1 Å². The molecule has 0 radical (unpaired) electrons. The largest absolute Gasteiger partial charge is 0.451 e. The van der Waals surface area contributed by atoms with Crippen LogP contribution in [0.3, 0.4) is 0 Å². The Morgan fingerprint density at radius 2 is 2.06 bits per heavy atom. The number of nitrogens with one attached hydrogen (secondary N) is 1. The number of hydrogen-bond donors (Lipinski definition) is 1. The molecule has 94 valence electrons. The summed E-state index contributed by atoms with van der Waals surface area (Å²) >= 11 is 6.81. The van der Waals surface area contributed by atoms with Crippen LogP contribution in [0.5, 0.6) is 0 Å². The smallest absolute Gasteiger partial charge is 0.348 e. The van der Waals surface area contributed by atoms with Crippen molar-refractivity contribution in [1.82, 2.24) is 5.32 Å². The molecular formula is C11H14ClNO3S. The summed E-state index contributed by atoms with van der Waals surface area (Å²) in [6.07, 6.45) is 0. The number of hydrogen-bond acceptors (Lipinski definition) is 4. The van der Waals surface area contributed by atoms with Gasteiger partial charge in [-0.2, -0.15) is 0 Å². The molecule has 0 aromatic carbocycles. The molecule has 0 aliphatic carbocycles. The van der Waals surface area contributed by atoms with E-state index >= 15 is 0 Å². The van der Waals surface area contributed by atoms with E-state index in [1.165, 1.54) is 0 Å². The Bertz CT molecular complexity index is 423. The van der Waals surface area contributed by atoms with Crippen LogP contribution in [0.4, 0.5) is 0 Å². The van der Waals surface area contributed by atoms with Crippen LogP contribution in [0.1, 0.15) is 30.4 Å². The highest BCUT2D eigenvalue weighted by molar-refractivity contribution is 7.17. The van der Waals surface area contributed by atoms with Crippen LogP contribution in [0.25, 0.3) is 0 Å². The van der Waals surface area contributed by atoms with Crippen molar-refractivity contribution in [3.63, 3.8) is 0 Å². The van der Waals surface area contributed by atoms with Gasteiger partial charge < -0.3 is 10.1 Å². The van der Waals surface area contributed by atoms with Crippen LogP contribution in [0, 0.1) is 0 Å². The molecule has 1 aromatic heterocycles. The lowest BCUT2D eigenvalue weighted by Gasteiger charge is -2.20. The van der Waals surface area contributed by atoms with E-state index in [0.29, 0.717) is 9.21 Å². The summed E-state index contributed by atoms with van der Waals surface area (Å²) in [6, 6.07) is 3.18. The summed E-state index contributed by atoms with van der Waals surface area (Å²) in [7, 11) is 0. The molecule has 0 atom stereocenters. The number of carbonyl (C=O) groups is 2. The maximum Gasteiger partial charge on any atom is 0.348 e. The molecular weight excluding hydrogens is 262 g/mol. The lowest BCUT2D eigenvalue weighted by atomic mass is 10.1. The first-order chi connectivity index (χ1) is 7.78. The summed E-state index contributed by atoms with van der Waals surface area (Å²) < 4.78 is 5.36. The van der Waals surface area contributed by atoms with Crippen LogP contribution in [-0.2, 0) is 9.53 Å². The van der Waals surface area contributed by atoms with Gasteiger partial charge in [-0.1, -0.05) is 11.6 Å². The normalized spacial score (nSPS) is 11.1. The van der Waals surface area contributed by atoms with E-state index in [-0.39, 0.29) is 18.1 Å². The van der Waals surface area contributed by atoms with Crippen molar-refractivity contribution in [3.8, 4) is 0 Å². The molecule has 0 spiro atoms. The van der Waals surface area contributed by atoms with Gasteiger partial charge in [0.15, 0.2) is 6.61 Å². The highest BCUT2D eigenvalue weighted by Crippen LogP contribution is 2.21. The van der Waals surface area contributed by atoms with Crippen LogP contribution >= 0.6 is 22.9 Å². The summed E-state index contributed by atoms with van der Waals surface area (Å²) in [6.45, 7) is 5.27. The summed E-state index contributed by atoms with van der Waals surface area (Å²) in [5.74, 6) is -0.862. The van der Waals surface area contributed by atoms with E-state index < -0.39 is 5.97 Å². The van der Waals surface area contributed by atoms with Crippen LogP contribution < -0.4 is 5.32 Å². The Labute approximate surface area is 109 Å². The SMILES string of the molecule is CC(C)(C)NC(=O)COC(=O)c1ccc(Cl)s1. The number of rotatable bonds is 3. The van der Waals surface area contributed by atoms with Gasteiger partial charge in [0.1, 0.15) is 4.88 Å². The number of ether oxygens (including phenoxy) is 1. The van der Waals surface area contributed by atoms with Crippen molar-refractivity contribution < 1.29 is 14.3 Å². The Morgan fingerprint density at radius 3 is 2.53 bits per heavy atom. The summed E-state index contributed by atoms with van der Waals surface area (Å²) in [5, 5.41) is 2.69. The zero-order valence-corrected chi connectivity index (χ0v) is 11.4. The van der Waals surface area contributed by atoms with E-state index in [4.69, 9.17) is 16.3 Å². The van der Waals surface area contributed by atoms with Crippen molar-refractivity contribution in [3.05, 3.63) is 21.3 Å². The first kappa shape index (κ1) is 14.0. The predicted octanol–water partition coefficient (Wildman–Crippen LogP) is 2.47. The Hall–Kier alpha value is -1.07. The molecule has 1 rings (SSSR count). The molecule has 6 heteroatoms. The minimum Gasteiger partial charge on any atom is -0.451 e. The fourth-order valence-electron chi connectivity index (χ4n) is 1.08. The van der Waals surface area contributed by atoms with Gasteiger partial charge in [0.2, 0.25) is 0 Å². The minimum absolute atomic E-state index is 0.286. The van der Waals surface area contributed by atoms with Crippen molar-refractivity contribution in [2.75, 3.05) is 6.61 Å². The number of halogens is 1. The van der Waals surface area contributed by atoms with Crippen LogP contribution in [0.15, 0.2) is 12.1 Å². The number of esters is 1. The van der Waals surface area contributed by atoms with E-state index in [0.717, 1.165) is 11.3 Å².